The summed E-state index contributed by atoms with van der Waals surface area (Å²) in [6.07, 6.45) is 51.2. The van der Waals surface area contributed by atoms with Crippen LogP contribution in [0.3, 0.4) is 0 Å². The summed E-state index contributed by atoms with van der Waals surface area (Å²) in [6.45, 7) is 59.9. The van der Waals surface area contributed by atoms with Crippen LogP contribution in [0.4, 0.5) is 0 Å². The van der Waals surface area contributed by atoms with E-state index in [-0.39, 0.29) is 124 Å². The van der Waals surface area contributed by atoms with Crippen molar-refractivity contribution >= 4 is 0 Å². The number of hydrogen-bond acceptors (Lipinski definition) is 2. The van der Waals surface area contributed by atoms with Gasteiger partial charge in [0, 0.05) is 13.2 Å². The van der Waals surface area contributed by atoms with Crippen LogP contribution in [-0.2, 0) is 0 Å². The molecule has 15 rings (SSSR count). The van der Waals surface area contributed by atoms with E-state index in [0.29, 0.717) is 13.2 Å². The number of hydrogen-bond donors (Lipinski definition) is 2. The predicted octanol–water partition coefficient (Wildman–Crippen LogP) is -18.6. The highest BCUT2D eigenvalue weighted by molar-refractivity contribution is 4.70. The van der Waals surface area contributed by atoms with E-state index >= 15 is 0 Å². The van der Waals surface area contributed by atoms with Crippen molar-refractivity contribution in [3.63, 3.8) is 0 Å². The molecule has 2 N–H and O–H groups in total. The SMILES string of the molecule is OCCCCCCCC[N+]12CC[N+](CCCCCCCC[N+]34CC[N+](CCCCCCCC[N+]56CC[N+](CCCCCCCC[N+]78CC[N+](CCCCCCCC[N+]9%10CC[N+](CCCCCCCCO)(CC9)CC%10)(CC7)CC8)(CC5)CC6)(CC3)CC4)(CC1)CC2.[Cl-].[Cl-].[Cl-].[Cl-].[Cl-].[Cl-].[Cl-].[Cl-].[Cl-].[Cl-]. The van der Waals surface area contributed by atoms with Gasteiger partial charge in [0.05, 0.1) is 65.4 Å². The van der Waals surface area contributed by atoms with E-state index in [0.717, 1.165) is 12.8 Å². The third-order valence-electron chi connectivity index (χ3n) is 29.9. The van der Waals surface area contributed by atoms with Gasteiger partial charge in [-0.1, -0.05) is 89.9 Å². The Hall–Kier alpha value is 2.42. The minimum Gasteiger partial charge on any atom is -1.00 e. The molecule has 0 atom stereocenters. The highest BCUT2D eigenvalue weighted by Gasteiger charge is 2.53. The average Bonchev–Trinajstić information content (AvgIpc) is 0.807. The molecule has 0 aliphatic carbocycles. The van der Waals surface area contributed by atoms with Crippen LogP contribution in [0.1, 0.15) is 231 Å². The number of nitrogens with zero attached hydrogens (tertiary/aromatic N) is 10. The Labute approximate surface area is 680 Å². The van der Waals surface area contributed by atoms with E-state index in [1.54, 1.807) is 0 Å². The third kappa shape index (κ3) is 30.8. The minimum absolute atomic E-state index is 0. The Morgan fingerprint density at radius 2 is 0.180 bits per heavy atom. The maximum absolute atomic E-state index is 9.03. The van der Waals surface area contributed by atoms with E-state index in [1.807, 2.05) is 0 Å². The van der Waals surface area contributed by atoms with Crippen LogP contribution in [-0.4, -0.2) is 330 Å². The number of halogens is 10. The van der Waals surface area contributed by atoms with Crippen molar-refractivity contribution in [1.82, 2.24) is 0 Å². The molecule has 0 radical (unpaired) electrons. The number of aliphatic hydroxyl groups is 2. The Balaban J connectivity index is 0.00000980. The number of unbranched alkanes of at least 4 members (excludes halogenated alkanes) is 30. The highest BCUT2D eigenvalue weighted by Crippen LogP contribution is 2.34. The van der Waals surface area contributed by atoms with Crippen molar-refractivity contribution in [3.8, 4) is 0 Å². The van der Waals surface area contributed by atoms with Gasteiger partial charge in [-0.15, -0.1) is 0 Å². The molecule has 0 amide bonds. The molecule has 15 fully saturated rings. The lowest BCUT2D eigenvalue weighted by atomic mass is 10.0. The van der Waals surface area contributed by atoms with Gasteiger partial charge in [-0.25, -0.2) is 0 Å². The van der Waals surface area contributed by atoms with Crippen molar-refractivity contribution in [2.45, 2.75) is 231 Å². The highest BCUT2D eigenvalue weighted by atomic mass is 35.5. The zero-order chi connectivity index (χ0) is 62.2. The van der Waals surface area contributed by atoms with Crippen LogP contribution in [0.25, 0.3) is 0 Å². The number of rotatable bonds is 52. The monoisotopic (exact) mass is 1620 g/mol. The smallest absolute Gasteiger partial charge is 0.129 e. The van der Waals surface area contributed by atoms with Gasteiger partial charge in [0.15, 0.2) is 0 Å². The van der Waals surface area contributed by atoms with Crippen molar-refractivity contribution in [2.75, 3.05) is 275 Å². The quantitative estimate of drug-likeness (QED) is 0.0471. The molecule has 15 aliphatic rings. The summed E-state index contributed by atoms with van der Waals surface area (Å²) >= 11 is 0. The van der Waals surface area contributed by atoms with Crippen LogP contribution < -0.4 is 124 Å². The van der Waals surface area contributed by atoms with Gasteiger partial charge in [-0.05, 0) is 141 Å². The van der Waals surface area contributed by atoms with Gasteiger partial charge in [0.2, 0.25) is 0 Å². The largest absolute Gasteiger partial charge is 1.00 e. The van der Waals surface area contributed by atoms with Gasteiger partial charge >= 0.3 is 0 Å². The second-order valence-electron chi connectivity index (χ2n) is 35.5. The molecule has 602 valence electrons. The third-order valence-corrected chi connectivity index (χ3v) is 29.9. The normalized spacial score (nSPS) is 32.2. The molecule has 10 bridgehead atoms. The number of aliphatic hydroxyl groups excluding tert-OH is 2. The van der Waals surface area contributed by atoms with E-state index < -0.39 is 0 Å². The van der Waals surface area contributed by atoms with Crippen LogP contribution >= 0.6 is 0 Å². The molecule has 12 nitrogen and oxygen atoms in total. The summed E-state index contributed by atoms with van der Waals surface area (Å²) in [7, 11) is 0. The van der Waals surface area contributed by atoms with Crippen molar-refractivity contribution in [1.29, 1.82) is 0 Å². The van der Waals surface area contributed by atoms with Crippen molar-refractivity contribution in [3.05, 3.63) is 0 Å². The van der Waals surface area contributed by atoms with E-state index in [1.165, 1.54) is 525 Å². The number of piperazine rings is 15. The molecule has 0 saturated carbocycles. The Morgan fingerprint density at radius 3 is 0.260 bits per heavy atom. The van der Waals surface area contributed by atoms with Gasteiger partial charge in [0.1, 0.15) is 196 Å². The fraction of sp³-hybridized carbons (Fsp3) is 1.00. The van der Waals surface area contributed by atoms with Crippen molar-refractivity contribution < 1.29 is 179 Å². The fourth-order valence-electron chi connectivity index (χ4n) is 22.0. The molecule has 15 aliphatic heterocycles. The summed E-state index contributed by atoms with van der Waals surface area (Å²) < 4.78 is 14.8. The zero-order valence-corrected chi connectivity index (χ0v) is 71.9. The van der Waals surface area contributed by atoms with Crippen LogP contribution in [0, 0.1) is 0 Å². The number of fused-ring (bicyclic) bond motifs is 15. The molecular weight excluding hydrogens is 1460 g/mol. The molecule has 15 heterocycles. The Kier molecular flexibility index (Phi) is 53.1. The molecule has 0 unspecified atom stereocenters. The van der Waals surface area contributed by atoms with Crippen LogP contribution in [0.15, 0.2) is 0 Å². The molecular formula is C78H158Cl10N10O2. The Morgan fingerprint density at radius 1 is 0.110 bits per heavy atom. The van der Waals surface area contributed by atoms with Gasteiger partial charge in [-0.3, -0.25) is 0 Å². The lowest BCUT2D eigenvalue weighted by molar-refractivity contribution is -1.08. The van der Waals surface area contributed by atoms with E-state index in [2.05, 4.69) is 0 Å². The second-order valence-corrected chi connectivity index (χ2v) is 35.5. The predicted molar refractivity (Wildman–Crippen MR) is 378 cm³/mol. The first-order chi connectivity index (χ1) is 44.1. The Bertz CT molecular complexity index is 1790. The maximum Gasteiger partial charge on any atom is 0.129 e. The van der Waals surface area contributed by atoms with Gasteiger partial charge in [-0.2, -0.15) is 0 Å². The topological polar surface area (TPSA) is 40.5 Å². The van der Waals surface area contributed by atoms with E-state index in [4.69, 9.17) is 10.2 Å². The first kappa shape index (κ1) is 102. The summed E-state index contributed by atoms with van der Waals surface area (Å²) in [4.78, 5) is 0. The summed E-state index contributed by atoms with van der Waals surface area (Å²) in [6, 6.07) is 0. The first-order valence-corrected chi connectivity index (χ1v) is 41.8. The van der Waals surface area contributed by atoms with Gasteiger partial charge < -0.3 is 179 Å². The summed E-state index contributed by atoms with van der Waals surface area (Å²) in [5, 5.41) is 18.1. The molecule has 0 aromatic carbocycles. The van der Waals surface area contributed by atoms with Crippen molar-refractivity contribution in [2.24, 2.45) is 0 Å². The van der Waals surface area contributed by atoms with Crippen LogP contribution in [0.5, 0.6) is 0 Å². The maximum atomic E-state index is 9.03. The molecule has 0 spiro atoms. The van der Waals surface area contributed by atoms with Crippen LogP contribution in [0.2, 0.25) is 0 Å². The molecule has 15 saturated heterocycles. The first-order valence-electron chi connectivity index (χ1n) is 41.8. The zero-order valence-electron chi connectivity index (χ0n) is 64.3. The molecule has 0 aromatic rings. The lowest BCUT2D eigenvalue weighted by Crippen LogP contribution is -3.00. The number of quaternary nitrogens is 10. The molecule has 22 heteroatoms. The lowest BCUT2D eigenvalue weighted by Gasteiger charge is -2.56. The summed E-state index contributed by atoms with van der Waals surface area (Å²) in [5.41, 5.74) is 0. The fourth-order valence-corrected chi connectivity index (χ4v) is 22.0. The summed E-state index contributed by atoms with van der Waals surface area (Å²) in [5.74, 6) is 0. The molecule has 100 heavy (non-hydrogen) atoms. The average molecular weight is 1620 g/mol. The molecule has 0 aromatic heterocycles. The standard InChI is InChI=1S/C78H158N10O2.10ClH/c89-77-35-23-11-9-21-33-45-87-71-65-85(66-72-87,67-73-87)43-31-19-7-5-17-29-41-83-59-53-81(54-60-83,55-61-83)39-27-15-3-1-13-25-37-79-47-50-80(51-48-79,52-49-79)38-26-14-2-4-16-28-40-82-56-62-84(63-57-82,64-58-82)42-30-18-6-8-20-32-44-86-68-74-88(75-69-86,76-70-86)46-34-22-10-12-24-36-78-90;;;;;;;;;;/h89-90H,1-78H2;10*1H/q+10;;;;;;;;;;/p-10. The van der Waals surface area contributed by atoms with E-state index in [9.17, 15) is 0 Å². The second kappa shape index (κ2) is 51.9. The van der Waals surface area contributed by atoms with Gasteiger partial charge in [0.25, 0.3) is 0 Å². The minimum atomic E-state index is 0.